The summed E-state index contributed by atoms with van der Waals surface area (Å²) in [6.45, 7) is 15.6. The Kier molecular flexibility index (Phi) is 7.41. The lowest BCUT2D eigenvalue weighted by Crippen LogP contribution is -2.41. The first-order chi connectivity index (χ1) is 8.24. The van der Waals surface area contributed by atoms with E-state index in [-0.39, 0.29) is 11.0 Å². The van der Waals surface area contributed by atoms with Gasteiger partial charge in [0.15, 0.2) is 8.32 Å². The maximum Gasteiger partial charge on any atom is 0.191 e. The van der Waals surface area contributed by atoms with Gasteiger partial charge in [0.2, 0.25) is 0 Å². The summed E-state index contributed by atoms with van der Waals surface area (Å²) in [7, 11) is -1.64. The molecule has 0 radical (unpaired) electrons. The second-order valence-electron chi connectivity index (χ2n) is 6.17. The van der Waals surface area contributed by atoms with Crippen molar-refractivity contribution in [2.24, 2.45) is 5.92 Å². The van der Waals surface area contributed by atoms with Crippen LogP contribution in [-0.4, -0.2) is 21.2 Å². The van der Waals surface area contributed by atoms with Crippen molar-refractivity contribution in [2.45, 2.75) is 51.7 Å². The van der Waals surface area contributed by atoms with Crippen LogP contribution in [0.25, 0.3) is 0 Å². The van der Waals surface area contributed by atoms with Gasteiger partial charge < -0.3 is 9.22 Å². The molecule has 0 aliphatic heterocycles. The quantitative estimate of drug-likeness (QED) is 0.283. The van der Waals surface area contributed by atoms with Gasteiger partial charge in [-0.3, -0.25) is 0 Å². The molecular weight excluding hydrogens is 240 g/mol. The largest absolute Gasteiger partial charge is 0.417 e. The normalized spacial score (nSPS) is 14.7. The van der Waals surface area contributed by atoms with Gasteiger partial charge >= 0.3 is 0 Å². The third-order valence-corrected chi connectivity index (χ3v) is 8.16. The van der Waals surface area contributed by atoms with Crippen LogP contribution in [0.15, 0.2) is 24.8 Å². The summed E-state index contributed by atoms with van der Waals surface area (Å²) < 4.78 is 6.07. The Balaban J connectivity index is 4.02. The second-order valence-corrected chi connectivity index (χ2v) is 11.0. The fraction of sp³-hybridized carbons (Fsp3) is 0.667. The van der Waals surface area contributed by atoms with Crippen molar-refractivity contribution in [1.82, 2.24) is 0 Å². The molecular formula is C15H28O2Si. The van der Waals surface area contributed by atoms with Crippen molar-refractivity contribution in [2.75, 3.05) is 6.61 Å². The topological polar surface area (TPSA) is 26.3 Å². The standard InChI is InChI=1S/C15H28O2Si/c1-7-8-10-14(13-16)11-9-12-17-18(5,6)15(2,3)4/h7-8,10,13-14H,1,9,11-12H2,2-6H3/b10-8+. The van der Waals surface area contributed by atoms with Crippen LogP contribution < -0.4 is 0 Å². The molecule has 0 aliphatic carbocycles. The van der Waals surface area contributed by atoms with Gasteiger partial charge in [0.1, 0.15) is 6.29 Å². The lowest BCUT2D eigenvalue weighted by molar-refractivity contribution is -0.110. The number of hydrogen-bond donors (Lipinski definition) is 0. The molecule has 0 aromatic rings. The molecule has 0 spiro atoms. The number of aldehydes is 1. The van der Waals surface area contributed by atoms with Crippen LogP contribution in [0.2, 0.25) is 18.1 Å². The molecule has 1 unspecified atom stereocenters. The molecule has 0 aliphatic rings. The zero-order chi connectivity index (χ0) is 14.2. The third kappa shape index (κ3) is 6.31. The Hall–Kier alpha value is -0.673. The molecule has 0 bridgehead atoms. The van der Waals surface area contributed by atoms with Crippen LogP contribution >= 0.6 is 0 Å². The minimum absolute atomic E-state index is 0.00832. The zero-order valence-corrected chi connectivity index (χ0v) is 13.5. The average molecular weight is 268 g/mol. The number of carbonyl (C=O) groups is 1. The van der Waals surface area contributed by atoms with Crippen molar-refractivity contribution in [1.29, 1.82) is 0 Å². The lowest BCUT2D eigenvalue weighted by atomic mass is 10.1. The number of carbonyl (C=O) groups excluding carboxylic acids is 1. The van der Waals surface area contributed by atoms with Crippen LogP contribution in [0.1, 0.15) is 33.6 Å². The van der Waals surface area contributed by atoms with E-state index < -0.39 is 8.32 Å². The Morgan fingerprint density at radius 1 is 1.33 bits per heavy atom. The smallest absolute Gasteiger partial charge is 0.191 e. The first-order valence-corrected chi connectivity index (χ1v) is 9.54. The minimum atomic E-state index is -1.64. The maximum absolute atomic E-state index is 10.8. The fourth-order valence-electron chi connectivity index (χ4n) is 1.29. The summed E-state index contributed by atoms with van der Waals surface area (Å²) in [5, 5.41) is 0.250. The monoisotopic (exact) mass is 268 g/mol. The van der Waals surface area contributed by atoms with Gasteiger partial charge in [-0.05, 0) is 31.0 Å². The van der Waals surface area contributed by atoms with E-state index in [2.05, 4.69) is 40.4 Å². The molecule has 0 fully saturated rings. The molecule has 0 aromatic heterocycles. The van der Waals surface area contributed by atoms with Gasteiger partial charge in [-0.2, -0.15) is 0 Å². The van der Waals surface area contributed by atoms with E-state index in [1.54, 1.807) is 6.08 Å². The predicted octanol–water partition coefficient (Wildman–Crippen LogP) is 4.35. The SMILES string of the molecule is C=C/C=C/C(C=O)CCCO[Si](C)(C)C(C)(C)C. The first kappa shape index (κ1) is 17.3. The van der Waals surface area contributed by atoms with Crippen LogP contribution in [0.3, 0.4) is 0 Å². The highest BCUT2D eigenvalue weighted by atomic mass is 28.4. The van der Waals surface area contributed by atoms with Crippen LogP contribution in [0.4, 0.5) is 0 Å². The third-order valence-electron chi connectivity index (χ3n) is 3.62. The number of rotatable bonds is 8. The fourth-order valence-corrected chi connectivity index (χ4v) is 2.38. The molecule has 18 heavy (non-hydrogen) atoms. The summed E-state index contributed by atoms with van der Waals surface area (Å²) in [6.07, 6.45) is 8.19. The van der Waals surface area contributed by atoms with Crippen molar-refractivity contribution in [3.8, 4) is 0 Å². The summed E-state index contributed by atoms with van der Waals surface area (Å²) in [6, 6.07) is 0. The van der Waals surface area contributed by atoms with Crippen LogP contribution in [0, 0.1) is 5.92 Å². The van der Waals surface area contributed by atoms with Gasteiger partial charge in [-0.1, -0.05) is 45.6 Å². The van der Waals surface area contributed by atoms with E-state index >= 15 is 0 Å². The molecule has 1 atom stereocenters. The molecule has 0 amide bonds. The van der Waals surface area contributed by atoms with Crippen molar-refractivity contribution < 1.29 is 9.22 Å². The van der Waals surface area contributed by atoms with Gasteiger partial charge in [-0.15, -0.1) is 0 Å². The van der Waals surface area contributed by atoms with Gasteiger partial charge in [0.25, 0.3) is 0 Å². The van der Waals surface area contributed by atoms with Crippen LogP contribution in [-0.2, 0) is 9.22 Å². The zero-order valence-electron chi connectivity index (χ0n) is 12.5. The molecule has 104 valence electrons. The number of hydrogen-bond acceptors (Lipinski definition) is 2. The molecule has 2 nitrogen and oxygen atoms in total. The first-order valence-electron chi connectivity index (χ1n) is 6.63. The molecule has 0 N–H and O–H groups in total. The van der Waals surface area contributed by atoms with E-state index in [4.69, 9.17) is 4.43 Å². The van der Waals surface area contributed by atoms with Crippen molar-refractivity contribution >= 4 is 14.6 Å². The summed E-state index contributed by atoms with van der Waals surface area (Å²) >= 11 is 0. The second kappa shape index (κ2) is 7.69. The average Bonchev–Trinajstić information content (AvgIpc) is 2.26. The summed E-state index contributed by atoms with van der Waals surface area (Å²) in [5.41, 5.74) is 0. The molecule has 0 rings (SSSR count). The highest BCUT2D eigenvalue weighted by Crippen LogP contribution is 2.36. The van der Waals surface area contributed by atoms with E-state index in [0.29, 0.717) is 0 Å². The number of allylic oxidation sites excluding steroid dienone is 3. The minimum Gasteiger partial charge on any atom is -0.417 e. The van der Waals surface area contributed by atoms with E-state index in [9.17, 15) is 4.79 Å². The van der Waals surface area contributed by atoms with Crippen molar-refractivity contribution in [3.05, 3.63) is 24.8 Å². The Morgan fingerprint density at radius 2 is 1.94 bits per heavy atom. The molecule has 0 heterocycles. The molecule has 3 heteroatoms. The Labute approximate surface area is 113 Å². The van der Waals surface area contributed by atoms with Gasteiger partial charge in [0, 0.05) is 12.5 Å². The summed E-state index contributed by atoms with van der Waals surface area (Å²) in [5.74, 6) is -0.00832. The van der Waals surface area contributed by atoms with Crippen LogP contribution in [0.5, 0.6) is 0 Å². The van der Waals surface area contributed by atoms with Crippen molar-refractivity contribution in [3.63, 3.8) is 0 Å². The van der Waals surface area contributed by atoms with Gasteiger partial charge in [0.05, 0.1) is 0 Å². The summed E-state index contributed by atoms with van der Waals surface area (Å²) in [4.78, 5) is 10.8. The molecule has 0 saturated heterocycles. The Morgan fingerprint density at radius 3 is 2.39 bits per heavy atom. The highest BCUT2D eigenvalue weighted by Gasteiger charge is 2.36. The van der Waals surface area contributed by atoms with E-state index in [1.165, 1.54) is 0 Å². The van der Waals surface area contributed by atoms with E-state index in [0.717, 1.165) is 25.7 Å². The Bertz CT molecular complexity index is 287. The highest BCUT2D eigenvalue weighted by molar-refractivity contribution is 6.74. The van der Waals surface area contributed by atoms with E-state index in [1.807, 2.05) is 12.2 Å². The lowest BCUT2D eigenvalue weighted by Gasteiger charge is -2.36. The molecule has 0 saturated carbocycles. The molecule has 0 aromatic carbocycles. The van der Waals surface area contributed by atoms with Gasteiger partial charge in [-0.25, -0.2) is 0 Å². The predicted molar refractivity (Wildman–Crippen MR) is 81.3 cm³/mol. The maximum atomic E-state index is 10.8.